The van der Waals surface area contributed by atoms with Crippen LogP contribution in [0.4, 0.5) is 5.69 Å². The third kappa shape index (κ3) is 6.44. The molecule has 0 bridgehead atoms. The first kappa shape index (κ1) is 25.9. The largest absolute Gasteiger partial charge is 0.480 e. The van der Waals surface area contributed by atoms with Crippen molar-refractivity contribution in [3.63, 3.8) is 0 Å². The Balaban J connectivity index is 1.59. The van der Waals surface area contributed by atoms with E-state index in [-0.39, 0.29) is 25.4 Å². The molecule has 0 aromatic carbocycles. The zero-order chi connectivity index (χ0) is 25.5. The fourth-order valence-electron chi connectivity index (χ4n) is 4.25. The summed E-state index contributed by atoms with van der Waals surface area (Å²) < 4.78 is 4.63. The first-order valence-electron chi connectivity index (χ1n) is 11.3. The second kappa shape index (κ2) is 11.6. The van der Waals surface area contributed by atoms with Crippen LogP contribution in [0.3, 0.4) is 0 Å². The lowest BCUT2D eigenvalue weighted by molar-refractivity contribution is -0.159. The highest BCUT2D eigenvalue weighted by atomic mass is 16.5. The Bertz CT molecular complexity index is 951. The minimum atomic E-state index is -1.24. The smallest absolute Gasteiger partial charge is 0.323 e. The van der Waals surface area contributed by atoms with Crippen LogP contribution in [-0.2, 0) is 28.7 Å². The number of aromatic nitrogens is 1. The van der Waals surface area contributed by atoms with E-state index in [1.807, 2.05) is 12.1 Å². The maximum Gasteiger partial charge on any atom is 0.323 e. The number of carboxylic acids is 1. The van der Waals surface area contributed by atoms with Gasteiger partial charge >= 0.3 is 11.9 Å². The van der Waals surface area contributed by atoms with E-state index in [2.05, 4.69) is 14.6 Å². The first-order chi connectivity index (χ1) is 16.7. The average Bonchev–Trinajstić information content (AvgIpc) is 2.86. The van der Waals surface area contributed by atoms with E-state index in [1.165, 1.54) is 0 Å². The third-order valence-electron chi connectivity index (χ3n) is 6.15. The average molecular weight is 491 g/mol. The highest BCUT2D eigenvalue weighted by Gasteiger charge is 2.41. The van der Waals surface area contributed by atoms with Gasteiger partial charge in [-0.3, -0.25) is 29.0 Å². The standard InChI is InChI=1S/C22H30N6O7/c1-35-20(32)13-17-22(34)27(14-19(30)31)10-11-28(17)21(33)16(23)12-18(29)26-8-6-25(7-9-26)15-2-4-24-5-3-15/h2-5,16-17H,6-14,23H2,1H3,(H,30,31)/t16-,17-/m0/s1. The molecule has 2 aliphatic heterocycles. The second-order valence-electron chi connectivity index (χ2n) is 8.37. The molecule has 0 aliphatic carbocycles. The number of carbonyl (C=O) groups excluding carboxylic acids is 4. The van der Waals surface area contributed by atoms with Crippen LogP contribution in [-0.4, -0.2) is 119 Å². The van der Waals surface area contributed by atoms with Crippen molar-refractivity contribution in [2.24, 2.45) is 5.73 Å². The Morgan fingerprint density at radius 3 is 2.37 bits per heavy atom. The van der Waals surface area contributed by atoms with E-state index in [0.717, 1.165) is 22.6 Å². The maximum absolute atomic E-state index is 13.1. The quantitative estimate of drug-likeness (QED) is 0.394. The molecule has 3 amide bonds. The van der Waals surface area contributed by atoms with Crippen LogP contribution in [0.1, 0.15) is 12.8 Å². The molecule has 13 nitrogen and oxygen atoms in total. The molecule has 2 saturated heterocycles. The normalized spacial score (nSPS) is 19.4. The van der Waals surface area contributed by atoms with Gasteiger partial charge < -0.3 is 35.2 Å². The van der Waals surface area contributed by atoms with Gasteiger partial charge in [0.05, 0.1) is 26.0 Å². The molecule has 2 atom stereocenters. The molecular formula is C22H30N6O7. The van der Waals surface area contributed by atoms with Crippen molar-refractivity contribution >= 4 is 35.3 Å². The molecule has 2 aliphatic rings. The number of anilines is 1. The predicted octanol–water partition coefficient (Wildman–Crippen LogP) is -1.87. The molecule has 0 saturated carbocycles. The Morgan fingerprint density at radius 1 is 1.11 bits per heavy atom. The molecule has 3 heterocycles. The van der Waals surface area contributed by atoms with E-state index in [0.29, 0.717) is 26.2 Å². The van der Waals surface area contributed by atoms with Crippen LogP contribution in [0.15, 0.2) is 24.5 Å². The Kier molecular flexibility index (Phi) is 8.58. The summed E-state index contributed by atoms with van der Waals surface area (Å²) in [7, 11) is 1.15. The van der Waals surface area contributed by atoms with Gasteiger partial charge in [0.15, 0.2) is 0 Å². The zero-order valence-electron chi connectivity index (χ0n) is 19.5. The first-order valence-corrected chi connectivity index (χ1v) is 11.3. The lowest BCUT2D eigenvalue weighted by atomic mass is 10.0. The van der Waals surface area contributed by atoms with Gasteiger partial charge in [-0.25, -0.2) is 0 Å². The predicted molar refractivity (Wildman–Crippen MR) is 122 cm³/mol. The summed E-state index contributed by atoms with van der Waals surface area (Å²) in [6.07, 6.45) is 2.73. The van der Waals surface area contributed by atoms with Gasteiger partial charge in [-0.15, -0.1) is 0 Å². The number of carbonyl (C=O) groups is 5. The zero-order valence-corrected chi connectivity index (χ0v) is 19.5. The number of nitrogens with two attached hydrogens (primary N) is 1. The molecule has 3 rings (SSSR count). The van der Waals surface area contributed by atoms with E-state index >= 15 is 0 Å². The molecule has 35 heavy (non-hydrogen) atoms. The van der Waals surface area contributed by atoms with Crippen LogP contribution >= 0.6 is 0 Å². The molecule has 190 valence electrons. The van der Waals surface area contributed by atoms with Crippen molar-refractivity contribution in [1.29, 1.82) is 0 Å². The van der Waals surface area contributed by atoms with Gasteiger partial charge in [0.25, 0.3) is 0 Å². The molecule has 13 heteroatoms. The fraction of sp³-hybridized carbons (Fsp3) is 0.545. The summed E-state index contributed by atoms with van der Waals surface area (Å²) in [6, 6.07) is 1.34. The highest BCUT2D eigenvalue weighted by molar-refractivity contribution is 5.96. The summed E-state index contributed by atoms with van der Waals surface area (Å²) in [5.74, 6) is -3.54. The number of carboxylic acid groups (broad SMARTS) is 1. The van der Waals surface area contributed by atoms with Gasteiger partial charge in [0, 0.05) is 57.3 Å². The highest BCUT2D eigenvalue weighted by Crippen LogP contribution is 2.19. The van der Waals surface area contributed by atoms with Gasteiger partial charge in [-0.05, 0) is 12.1 Å². The number of hydrogen-bond acceptors (Lipinski definition) is 9. The van der Waals surface area contributed by atoms with Crippen LogP contribution in [0.2, 0.25) is 0 Å². The topological polar surface area (TPSA) is 167 Å². The van der Waals surface area contributed by atoms with E-state index in [1.54, 1.807) is 17.3 Å². The lowest BCUT2D eigenvalue weighted by Gasteiger charge is -2.41. The molecule has 3 N–H and O–H groups in total. The van der Waals surface area contributed by atoms with E-state index < -0.39 is 48.8 Å². The number of piperazine rings is 2. The number of hydrogen-bond donors (Lipinski definition) is 2. The molecule has 1 aromatic rings. The Labute approximate surface area is 202 Å². The van der Waals surface area contributed by atoms with Crippen molar-refractivity contribution in [1.82, 2.24) is 19.7 Å². The number of rotatable bonds is 8. The number of pyridine rings is 1. The summed E-state index contributed by atoms with van der Waals surface area (Å²) in [4.78, 5) is 71.6. The number of ether oxygens (including phenoxy) is 1. The van der Waals surface area contributed by atoms with Crippen LogP contribution in [0.25, 0.3) is 0 Å². The summed E-state index contributed by atoms with van der Waals surface area (Å²) in [5.41, 5.74) is 7.09. The van der Waals surface area contributed by atoms with Crippen molar-refractivity contribution < 1.29 is 33.8 Å². The number of aliphatic carboxylic acids is 1. The molecule has 2 fully saturated rings. The van der Waals surface area contributed by atoms with Gasteiger partial charge in [-0.2, -0.15) is 0 Å². The SMILES string of the molecule is COC(=O)C[C@H]1C(=O)N(CC(=O)O)CCN1C(=O)[C@@H](N)CC(=O)N1CCN(c2ccncc2)CC1. The monoisotopic (exact) mass is 490 g/mol. The van der Waals surface area contributed by atoms with Crippen LogP contribution < -0.4 is 10.6 Å². The van der Waals surface area contributed by atoms with Crippen molar-refractivity contribution in [3.8, 4) is 0 Å². The molecular weight excluding hydrogens is 460 g/mol. The number of amides is 3. The summed E-state index contributed by atoms with van der Waals surface area (Å²) >= 11 is 0. The number of nitrogens with zero attached hydrogens (tertiary/aromatic N) is 5. The van der Waals surface area contributed by atoms with Gasteiger partial charge in [-0.1, -0.05) is 0 Å². The minimum absolute atomic E-state index is 0.00792. The Morgan fingerprint density at radius 2 is 1.77 bits per heavy atom. The number of esters is 1. The summed E-state index contributed by atoms with van der Waals surface area (Å²) in [5, 5.41) is 9.03. The molecule has 0 unspecified atom stereocenters. The minimum Gasteiger partial charge on any atom is -0.480 e. The van der Waals surface area contributed by atoms with Gasteiger partial charge in [0.2, 0.25) is 17.7 Å². The summed E-state index contributed by atoms with van der Waals surface area (Å²) in [6.45, 7) is 1.62. The van der Waals surface area contributed by atoms with Gasteiger partial charge in [0.1, 0.15) is 12.6 Å². The molecule has 0 spiro atoms. The van der Waals surface area contributed by atoms with Crippen molar-refractivity contribution in [3.05, 3.63) is 24.5 Å². The lowest BCUT2D eigenvalue weighted by Crippen LogP contribution is -2.62. The van der Waals surface area contributed by atoms with E-state index in [4.69, 9.17) is 10.8 Å². The third-order valence-corrected chi connectivity index (χ3v) is 6.15. The molecule has 1 aromatic heterocycles. The van der Waals surface area contributed by atoms with Crippen LogP contribution in [0.5, 0.6) is 0 Å². The Hall–Kier alpha value is -3.74. The van der Waals surface area contributed by atoms with Crippen molar-refractivity contribution in [2.75, 3.05) is 57.8 Å². The number of methoxy groups -OCH3 is 1. The second-order valence-corrected chi connectivity index (χ2v) is 8.37. The van der Waals surface area contributed by atoms with Crippen LogP contribution in [0, 0.1) is 0 Å². The maximum atomic E-state index is 13.1. The van der Waals surface area contributed by atoms with Crippen molar-refractivity contribution in [2.45, 2.75) is 24.9 Å². The molecule has 0 radical (unpaired) electrons. The fourth-order valence-corrected chi connectivity index (χ4v) is 4.25. The van der Waals surface area contributed by atoms with E-state index in [9.17, 15) is 24.0 Å².